The van der Waals surface area contributed by atoms with Gasteiger partial charge in [0.2, 0.25) is 11.8 Å². The van der Waals surface area contributed by atoms with Crippen molar-refractivity contribution in [1.82, 2.24) is 25.4 Å². The summed E-state index contributed by atoms with van der Waals surface area (Å²) in [6, 6.07) is 4.40. The standard InChI is InChI=1S/C27H28N6O9S/c1-14-8-9-18(42-14)30-32-11-10-31(27(32)40)26(39)29-19(16-6-4-3-5-7-16)22(35)28-20-23(36)33-21(25(37)38)17(12-41-15(2)34)13-43-24(20)33/h3-8,19-20,24H,9-13H2,1-2H3,(H,28,35)(H,29,39)(H,37,38)/t19-,20?,24-/m1/s1. The van der Waals surface area contributed by atoms with Crippen molar-refractivity contribution < 1.29 is 43.3 Å². The summed E-state index contributed by atoms with van der Waals surface area (Å²) >= 11 is 1.21. The zero-order chi connectivity index (χ0) is 30.8. The molecule has 4 aliphatic rings. The van der Waals surface area contributed by atoms with E-state index in [0.29, 0.717) is 23.6 Å². The van der Waals surface area contributed by atoms with E-state index in [9.17, 15) is 33.9 Å². The van der Waals surface area contributed by atoms with Gasteiger partial charge in [-0.1, -0.05) is 30.3 Å². The van der Waals surface area contributed by atoms with Crippen LogP contribution in [-0.2, 0) is 28.7 Å². The van der Waals surface area contributed by atoms with Crippen molar-refractivity contribution in [3.8, 4) is 0 Å². The smallest absolute Gasteiger partial charge is 0.352 e. The average Bonchev–Trinajstić information content (AvgIpc) is 3.57. The number of hydrogen-bond acceptors (Lipinski definition) is 10. The molecule has 2 fully saturated rings. The number of hydrazone groups is 1. The molecule has 5 rings (SSSR count). The number of carboxylic acids is 1. The van der Waals surface area contributed by atoms with Gasteiger partial charge in [-0.25, -0.2) is 24.3 Å². The molecule has 0 saturated carbocycles. The number of amides is 6. The number of thioether (sulfide) groups is 1. The summed E-state index contributed by atoms with van der Waals surface area (Å²) in [5, 5.41) is 19.5. The maximum atomic E-state index is 13.5. The monoisotopic (exact) mass is 612 g/mol. The average molecular weight is 613 g/mol. The first-order valence-corrected chi connectivity index (χ1v) is 14.3. The van der Waals surface area contributed by atoms with Crippen LogP contribution in [0.5, 0.6) is 0 Å². The number of urea groups is 2. The highest BCUT2D eigenvalue weighted by atomic mass is 32.2. The van der Waals surface area contributed by atoms with Gasteiger partial charge in [-0.2, -0.15) is 0 Å². The lowest BCUT2D eigenvalue weighted by atomic mass is 10.0. The predicted molar refractivity (Wildman–Crippen MR) is 150 cm³/mol. The summed E-state index contributed by atoms with van der Waals surface area (Å²) in [5.41, 5.74) is 0.368. The lowest BCUT2D eigenvalue weighted by Gasteiger charge is -2.49. The van der Waals surface area contributed by atoms with E-state index in [2.05, 4.69) is 15.7 Å². The van der Waals surface area contributed by atoms with E-state index in [4.69, 9.17) is 9.47 Å². The van der Waals surface area contributed by atoms with Crippen LogP contribution in [0, 0.1) is 0 Å². The molecule has 6 amide bonds. The Bertz CT molecular complexity index is 1480. The van der Waals surface area contributed by atoms with Crippen molar-refractivity contribution in [3.63, 3.8) is 0 Å². The van der Waals surface area contributed by atoms with Crippen molar-refractivity contribution in [2.75, 3.05) is 25.4 Å². The number of esters is 1. The number of carbonyl (C=O) groups is 6. The Morgan fingerprint density at radius 3 is 2.58 bits per heavy atom. The number of allylic oxidation sites excluding steroid dienone is 1. The number of rotatable bonds is 8. The summed E-state index contributed by atoms with van der Waals surface area (Å²) in [6.45, 7) is 2.82. The molecule has 0 aliphatic carbocycles. The number of carbonyl (C=O) groups excluding carboxylic acids is 5. The summed E-state index contributed by atoms with van der Waals surface area (Å²) < 4.78 is 10.4. The van der Waals surface area contributed by atoms with Crippen LogP contribution in [0.15, 0.2) is 58.5 Å². The van der Waals surface area contributed by atoms with Gasteiger partial charge in [-0.3, -0.25) is 19.3 Å². The van der Waals surface area contributed by atoms with E-state index in [-0.39, 0.29) is 36.7 Å². The second kappa shape index (κ2) is 12.2. The largest absolute Gasteiger partial charge is 0.477 e. The van der Waals surface area contributed by atoms with Crippen LogP contribution in [0.1, 0.15) is 31.9 Å². The summed E-state index contributed by atoms with van der Waals surface area (Å²) in [7, 11) is 0. The van der Waals surface area contributed by atoms with Gasteiger partial charge in [0.05, 0.1) is 18.8 Å². The lowest BCUT2D eigenvalue weighted by molar-refractivity contribution is -0.151. The van der Waals surface area contributed by atoms with Gasteiger partial charge in [0.15, 0.2) is 0 Å². The fraction of sp³-hybridized carbons (Fsp3) is 0.370. The Morgan fingerprint density at radius 2 is 1.93 bits per heavy atom. The second-order valence-electron chi connectivity index (χ2n) is 9.90. The molecule has 43 heavy (non-hydrogen) atoms. The van der Waals surface area contributed by atoms with Gasteiger partial charge in [0.1, 0.15) is 29.8 Å². The Kier molecular flexibility index (Phi) is 8.38. The fourth-order valence-corrected chi connectivity index (χ4v) is 6.20. The normalized spacial score (nSPS) is 22.9. The van der Waals surface area contributed by atoms with E-state index in [1.807, 2.05) is 6.08 Å². The third-order valence-corrected chi connectivity index (χ3v) is 8.31. The molecule has 16 heteroatoms. The molecule has 0 spiro atoms. The highest BCUT2D eigenvalue weighted by Crippen LogP contribution is 2.40. The molecule has 3 atom stereocenters. The quantitative estimate of drug-likeness (QED) is 0.284. The van der Waals surface area contributed by atoms with Crippen LogP contribution in [0.25, 0.3) is 0 Å². The van der Waals surface area contributed by atoms with E-state index < -0.39 is 53.3 Å². The minimum absolute atomic E-state index is 0.0196. The van der Waals surface area contributed by atoms with Crippen LogP contribution in [0.4, 0.5) is 9.59 Å². The van der Waals surface area contributed by atoms with Gasteiger partial charge in [-0.05, 0) is 18.6 Å². The second-order valence-corrected chi connectivity index (χ2v) is 11.0. The van der Waals surface area contributed by atoms with Crippen molar-refractivity contribution >= 4 is 53.5 Å². The van der Waals surface area contributed by atoms with E-state index in [1.54, 1.807) is 37.3 Å². The van der Waals surface area contributed by atoms with E-state index >= 15 is 0 Å². The Hall–Kier alpha value is -4.86. The van der Waals surface area contributed by atoms with Crippen molar-refractivity contribution in [1.29, 1.82) is 0 Å². The predicted octanol–water partition coefficient (Wildman–Crippen LogP) is 1.11. The highest BCUT2D eigenvalue weighted by Gasteiger charge is 2.54. The summed E-state index contributed by atoms with van der Waals surface area (Å²) in [6.07, 6.45) is 2.23. The van der Waals surface area contributed by atoms with Crippen LogP contribution in [0.2, 0.25) is 0 Å². The van der Waals surface area contributed by atoms with Gasteiger partial charge < -0.3 is 25.2 Å². The summed E-state index contributed by atoms with van der Waals surface area (Å²) in [4.78, 5) is 77.9. The maximum absolute atomic E-state index is 13.5. The maximum Gasteiger partial charge on any atom is 0.352 e. The topological polar surface area (TPSA) is 187 Å². The van der Waals surface area contributed by atoms with Crippen LogP contribution >= 0.6 is 11.8 Å². The molecule has 15 nitrogen and oxygen atoms in total. The van der Waals surface area contributed by atoms with E-state index in [0.717, 1.165) is 14.8 Å². The minimum Gasteiger partial charge on any atom is -0.477 e. The third kappa shape index (κ3) is 6.04. The number of fused-ring (bicyclic) bond motifs is 1. The van der Waals surface area contributed by atoms with Crippen LogP contribution in [0.3, 0.4) is 0 Å². The van der Waals surface area contributed by atoms with Gasteiger partial charge >= 0.3 is 24.0 Å². The number of ether oxygens (including phenoxy) is 2. The van der Waals surface area contributed by atoms with Crippen molar-refractivity contribution in [2.45, 2.75) is 37.7 Å². The number of nitrogens with one attached hydrogen (secondary N) is 2. The molecule has 1 unspecified atom stereocenters. The lowest BCUT2D eigenvalue weighted by Crippen LogP contribution is -2.71. The van der Waals surface area contributed by atoms with E-state index in [1.165, 1.54) is 18.7 Å². The minimum atomic E-state index is -1.36. The first-order valence-electron chi connectivity index (χ1n) is 13.3. The van der Waals surface area contributed by atoms with Crippen molar-refractivity contribution in [2.24, 2.45) is 5.10 Å². The number of imide groups is 1. The molecule has 1 aromatic rings. The molecule has 0 aromatic heterocycles. The molecule has 4 aliphatic heterocycles. The number of hydrogen-bond donors (Lipinski definition) is 3. The SMILES string of the molecule is CC(=O)OCC1=C(C(=O)O)N2C(=O)C(NC(=O)[C@H](NC(=O)N3CCN(N=C4CC=C(C)O4)C3=O)c3ccccc3)[C@H]2SC1. The third-order valence-electron chi connectivity index (χ3n) is 6.97. The Morgan fingerprint density at radius 1 is 1.19 bits per heavy atom. The highest BCUT2D eigenvalue weighted by molar-refractivity contribution is 8.00. The van der Waals surface area contributed by atoms with Gasteiger partial charge in [-0.15, -0.1) is 16.9 Å². The molecule has 3 N–H and O–H groups in total. The van der Waals surface area contributed by atoms with Gasteiger partial charge in [0, 0.05) is 24.7 Å². The summed E-state index contributed by atoms with van der Waals surface area (Å²) in [5.74, 6) is -2.19. The molecule has 4 heterocycles. The molecular formula is C27H28N6O9S. The Labute approximate surface area is 249 Å². The zero-order valence-electron chi connectivity index (χ0n) is 23.1. The first kappa shape index (κ1) is 29.6. The molecule has 0 radical (unpaired) electrons. The molecule has 2 saturated heterocycles. The number of aliphatic carboxylic acids is 1. The van der Waals surface area contributed by atoms with Crippen LogP contribution < -0.4 is 10.6 Å². The Balaban J connectivity index is 1.28. The number of nitrogens with zero attached hydrogens (tertiary/aromatic N) is 4. The molecule has 226 valence electrons. The van der Waals surface area contributed by atoms with Crippen molar-refractivity contribution in [3.05, 3.63) is 59.0 Å². The number of β-lactam (4-membered cyclic amide) rings is 1. The number of carboxylic acid groups (broad SMARTS) is 1. The molecule has 1 aromatic carbocycles. The zero-order valence-corrected chi connectivity index (χ0v) is 24.0. The van der Waals surface area contributed by atoms with Gasteiger partial charge in [0.25, 0.3) is 5.91 Å². The molecular weight excluding hydrogens is 584 g/mol. The number of benzene rings is 1. The first-order chi connectivity index (χ1) is 20.5. The molecule has 0 bridgehead atoms. The van der Waals surface area contributed by atoms with Crippen LogP contribution in [-0.4, -0.2) is 98.5 Å². The fourth-order valence-electron chi connectivity index (χ4n) is 4.87.